The van der Waals surface area contributed by atoms with E-state index in [-0.39, 0.29) is 38.8 Å². The van der Waals surface area contributed by atoms with E-state index in [1.807, 2.05) is 172 Å². The fourth-order valence-corrected chi connectivity index (χ4v) is 7.84. The number of halogens is 1. The average molecular weight is 855 g/mol. The van der Waals surface area contributed by atoms with Gasteiger partial charge in [0.2, 0.25) is 0 Å². The molecule has 0 amide bonds. The summed E-state index contributed by atoms with van der Waals surface area (Å²) in [5.41, 5.74) is 4.73. The SMILES string of the molecule is CCOc1ccc(Cc2cc(C(=O)C(OCc3ccccc3)C(OCc3ccccc3)C(OCc3ccccc3)C3(COCc4ccccc4)COC(C)(C)O3)ccc2Cl)cc1. The summed E-state index contributed by atoms with van der Waals surface area (Å²) in [5, 5.41) is 0.548. The van der Waals surface area contributed by atoms with Gasteiger partial charge in [-0.15, -0.1) is 0 Å². The molecular weight excluding hydrogens is 800 g/mol. The minimum atomic E-state index is -1.25. The largest absolute Gasteiger partial charge is 0.494 e. The van der Waals surface area contributed by atoms with Crippen LogP contribution in [0.5, 0.6) is 5.75 Å². The second-order valence-electron chi connectivity index (χ2n) is 16.0. The molecule has 322 valence electrons. The Kier molecular flexibility index (Phi) is 15.8. The number of ketones is 1. The highest BCUT2D eigenvalue weighted by Crippen LogP contribution is 2.40. The van der Waals surface area contributed by atoms with Gasteiger partial charge in [-0.3, -0.25) is 4.79 Å². The van der Waals surface area contributed by atoms with Gasteiger partial charge in [0.1, 0.15) is 29.7 Å². The quantitative estimate of drug-likeness (QED) is 0.0625. The Morgan fingerprint density at radius 3 is 1.71 bits per heavy atom. The first-order chi connectivity index (χ1) is 30.2. The van der Waals surface area contributed by atoms with Crippen LogP contribution in [-0.4, -0.2) is 55.3 Å². The van der Waals surface area contributed by atoms with Crippen LogP contribution in [-0.2, 0) is 61.3 Å². The second kappa shape index (κ2) is 21.8. The Hall–Kier alpha value is -5.16. The molecule has 0 saturated carbocycles. The van der Waals surface area contributed by atoms with E-state index in [9.17, 15) is 0 Å². The molecule has 6 aromatic rings. The van der Waals surface area contributed by atoms with Crippen molar-refractivity contribution in [2.75, 3.05) is 19.8 Å². The summed E-state index contributed by atoms with van der Waals surface area (Å²) in [6.45, 7) is 7.24. The first-order valence-electron chi connectivity index (χ1n) is 21.2. The maximum atomic E-state index is 15.5. The van der Waals surface area contributed by atoms with Crippen molar-refractivity contribution in [1.29, 1.82) is 0 Å². The van der Waals surface area contributed by atoms with Crippen molar-refractivity contribution in [3.05, 3.63) is 208 Å². The van der Waals surface area contributed by atoms with E-state index < -0.39 is 29.7 Å². The van der Waals surface area contributed by atoms with Crippen LogP contribution in [0, 0.1) is 0 Å². The zero-order valence-electron chi connectivity index (χ0n) is 35.6. The van der Waals surface area contributed by atoms with E-state index in [2.05, 4.69) is 0 Å². The molecule has 0 aliphatic carbocycles. The molecule has 8 nitrogen and oxygen atoms in total. The lowest BCUT2D eigenvalue weighted by molar-refractivity contribution is -0.244. The predicted octanol–water partition coefficient (Wildman–Crippen LogP) is 11.0. The summed E-state index contributed by atoms with van der Waals surface area (Å²) >= 11 is 6.85. The molecule has 0 spiro atoms. The second-order valence-corrected chi connectivity index (χ2v) is 16.4. The van der Waals surface area contributed by atoms with Crippen LogP contribution in [0.2, 0.25) is 5.02 Å². The lowest BCUT2D eigenvalue weighted by Crippen LogP contribution is -2.61. The van der Waals surface area contributed by atoms with Crippen LogP contribution < -0.4 is 4.74 Å². The summed E-state index contributed by atoms with van der Waals surface area (Å²) in [6, 6.07) is 52.7. The van der Waals surface area contributed by atoms with Gasteiger partial charge in [0.05, 0.1) is 46.2 Å². The lowest BCUT2D eigenvalue weighted by atomic mass is 9.87. The first-order valence-corrected chi connectivity index (χ1v) is 21.5. The summed E-state index contributed by atoms with van der Waals surface area (Å²) in [7, 11) is 0. The highest BCUT2D eigenvalue weighted by molar-refractivity contribution is 6.31. The number of Topliss-reactive ketones (excluding diaryl/α,β-unsaturated/α-hetero) is 1. The van der Waals surface area contributed by atoms with Crippen LogP contribution in [0.15, 0.2) is 164 Å². The monoisotopic (exact) mass is 854 g/mol. The minimum Gasteiger partial charge on any atom is -0.494 e. The van der Waals surface area contributed by atoms with Gasteiger partial charge in [-0.25, -0.2) is 0 Å². The van der Waals surface area contributed by atoms with Crippen LogP contribution in [0.1, 0.15) is 64.5 Å². The third-order valence-corrected chi connectivity index (χ3v) is 11.1. The van der Waals surface area contributed by atoms with E-state index in [1.54, 1.807) is 12.1 Å². The summed E-state index contributed by atoms with van der Waals surface area (Å²) in [5.74, 6) is -0.515. The summed E-state index contributed by atoms with van der Waals surface area (Å²) in [4.78, 5) is 15.5. The third-order valence-electron chi connectivity index (χ3n) is 10.7. The Bertz CT molecular complexity index is 2270. The molecule has 0 radical (unpaired) electrons. The van der Waals surface area contributed by atoms with E-state index in [0.717, 1.165) is 39.1 Å². The number of carbonyl (C=O) groups excluding carboxylic acids is 1. The highest BCUT2D eigenvalue weighted by Gasteiger charge is 2.57. The van der Waals surface area contributed by atoms with Gasteiger partial charge in [0, 0.05) is 10.6 Å². The van der Waals surface area contributed by atoms with Gasteiger partial charge < -0.3 is 33.2 Å². The molecule has 1 fully saturated rings. The summed E-state index contributed by atoms with van der Waals surface area (Å²) < 4.78 is 46.4. The van der Waals surface area contributed by atoms with Crippen LogP contribution in [0.4, 0.5) is 0 Å². The number of hydrogen-bond donors (Lipinski definition) is 0. The van der Waals surface area contributed by atoms with Gasteiger partial charge >= 0.3 is 0 Å². The smallest absolute Gasteiger partial charge is 0.194 e. The number of carbonyl (C=O) groups is 1. The van der Waals surface area contributed by atoms with Crippen molar-refractivity contribution >= 4 is 17.4 Å². The Labute approximate surface area is 370 Å². The molecule has 4 atom stereocenters. The maximum absolute atomic E-state index is 15.5. The number of hydrogen-bond acceptors (Lipinski definition) is 8. The van der Waals surface area contributed by atoms with Crippen molar-refractivity contribution < 1.29 is 38.0 Å². The Morgan fingerprint density at radius 1 is 0.645 bits per heavy atom. The fraction of sp³-hybridized carbons (Fsp3) is 0.302. The topological polar surface area (TPSA) is 81.7 Å². The molecule has 0 bridgehead atoms. The van der Waals surface area contributed by atoms with E-state index in [0.29, 0.717) is 30.2 Å². The molecule has 7 rings (SSSR count). The molecular formula is C53H55ClO8. The Morgan fingerprint density at radius 2 is 1.18 bits per heavy atom. The molecule has 1 aliphatic rings. The maximum Gasteiger partial charge on any atom is 0.194 e. The molecule has 4 unspecified atom stereocenters. The summed E-state index contributed by atoms with van der Waals surface area (Å²) in [6.07, 6.45) is -2.69. The van der Waals surface area contributed by atoms with E-state index in [1.165, 1.54) is 0 Å². The zero-order chi connectivity index (χ0) is 43.2. The van der Waals surface area contributed by atoms with Crippen molar-refractivity contribution in [2.45, 2.75) is 83.3 Å². The standard InChI is InChI=1S/C53H55ClO8/c1-4-57-46-28-25-39(26-29-46)31-45-32-44(27-30-47(45)54)48(55)49(58-34-41-19-11-6-12-20-41)50(59-35-42-21-13-7-14-22-42)51(60-36-43-23-15-8-16-24-43)53(38-61-52(2,3)62-53)37-56-33-40-17-9-5-10-18-40/h5-30,32,49-51H,4,31,33-38H2,1-3H3. The number of benzene rings is 6. The molecule has 9 heteroatoms. The van der Waals surface area contributed by atoms with Crippen LogP contribution in [0.3, 0.4) is 0 Å². The van der Waals surface area contributed by atoms with Crippen LogP contribution >= 0.6 is 11.6 Å². The van der Waals surface area contributed by atoms with Crippen molar-refractivity contribution in [1.82, 2.24) is 0 Å². The van der Waals surface area contributed by atoms with Crippen molar-refractivity contribution in [2.24, 2.45) is 0 Å². The van der Waals surface area contributed by atoms with Crippen molar-refractivity contribution in [3.8, 4) is 5.75 Å². The zero-order valence-corrected chi connectivity index (χ0v) is 36.4. The van der Waals surface area contributed by atoms with E-state index >= 15 is 4.79 Å². The predicted molar refractivity (Wildman–Crippen MR) is 241 cm³/mol. The molecule has 1 aliphatic heterocycles. The fourth-order valence-electron chi connectivity index (χ4n) is 7.66. The normalized spacial score (nSPS) is 17.3. The van der Waals surface area contributed by atoms with E-state index in [4.69, 9.17) is 44.8 Å². The first kappa shape index (κ1) is 44.9. The van der Waals surface area contributed by atoms with Crippen molar-refractivity contribution in [3.63, 3.8) is 0 Å². The van der Waals surface area contributed by atoms with Gasteiger partial charge in [0.25, 0.3) is 0 Å². The van der Waals surface area contributed by atoms with Gasteiger partial charge in [-0.2, -0.15) is 0 Å². The van der Waals surface area contributed by atoms with Crippen LogP contribution in [0.25, 0.3) is 0 Å². The average Bonchev–Trinajstić information content (AvgIpc) is 3.62. The molecule has 1 saturated heterocycles. The minimum absolute atomic E-state index is 0.0722. The van der Waals surface area contributed by atoms with Gasteiger partial charge in [-0.1, -0.05) is 145 Å². The van der Waals surface area contributed by atoms with Gasteiger partial charge in [0.15, 0.2) is 11.6 Å². The molecule has 0 N–H and O–H groups in total. The molecule has 0 aromatic heterocycles. The van der Waals surface area contributed by atoms with Gasteiger partial charge in [-0.05, 0) is 90.9 Å². The molecule has 1 heterocycles. The lowest BCUT2D eigenvalue weighted by Gasteiger charge is -2.42. The number of rotatable bonds is 22. The molecule has 62 heavy (non-hydrogen) atoms. The third kappa shape index (κ3) is 12.3. The Balaban J connectivity index is 1.31. The number of ether oxygens (including phenoxy) is 7. The highest BCUT2D eigenvalue weighted by atomic mass is 35.5. The molecule has 6 aromatic carbocycles.